The maximum Gasteiger partial charge on any atom is 0.293 e. The van der Waals surface area contributed by atoms with Gasteiger partial charge in [-0.05, 0) is 31.4 Å². The van der Waals surface area contributed by atoms with Crippen LogP contribution in [-0.4, -0.2) is 22.9 Å². The summed E-state index contributed by atoms with van der Waals surface area (Å²) in [5, 5.41) is 11.1. The highest BCUT2D eigenvalue weighted by Gasteiger charge is 2.24. The molecule has 0 bridgehead atoms. The number of nitro benzene ring substituents is 1. The lowest BCUT2D eigenvalue weighted by atomic mass is 9.86. The molecule has 1 saturated carbocycles. The minimum atomic E-state index is -0.401. The second-order valence-electron chi connectivity index (χ2n) is 6.05. The number of hydrazine groups is 1. The minimum Gasteiger partial charge on any atom is -0.318 e. The number of benzene rings is 1. The molecule has 6 nitrogen and oxygen atoms in total. The highest BCUT2D eigenvalue weighted by molar-refractivity contribution is 5.65. The summed E-state index contributed by atoms with van der Waals surface area (Å²) in [7, 11) is 2.09. The van der Waals surface area contributed by atoms with Crippen molar-refractivity contribution in [1.29, 1.82) is 0 Å². The van der Waals surface area contributed by atoms with Gasteiger partial charge in [0.1, 0.15) is 5.69 Å². The van der Waals surface area contributed by atoms with E-state index in [1.165, 1.54) is 31.7 Å². The average molecular weight is 292 g/mol. The van der Waals surface area contributed by atoms with Gasteiger partial charge in [0.15, 0.2) is 0 Å². The molecule has 1 fully saturated rings. The number of nitrogens with one attached hydrogen (secondary N) is 1. The predicted octanol–water partition coefficient (Wildman–Crippen LogP) is 2.89. The molecule has 1 aliphatic carbocycles. The number of hydrogen-bond donors (Lipinski definition) is 2. The molecule has 116 valence electrons. The molecular formula is C15H24N4O2. The molecule has 0 aliphatic heterocycles. The number of nitrogens with two attached hydrogens (primary N) is 1. The van der Waals surface area contributed by atoms with Crippen molar-refractivity contribution in [2.75, 3.05) is 12.5 Å². The molecule has 0 radical (unpaired) electrons. The van der Waals surface area contributed by atoms with Crippen LogP contribution >= 0.6 is 0 Å². The first-order valence-corrected chi connectivity index (χ1v) is 7.46. The van der Waals surface area contributed by atoms with Gasteiger partial charge in [-0.15, -0.1) is 0 Å². The molecule has 0 spiro atoms. The SMILES string of the molecule is CC1CCCC(N(C)Cc2cccc([N+](=O)[O-])c2NN)C1. The van der Waals surface area contributed by atoms with Crippen molar-refractivity contribution in [1.82, 2.24) is 4.90 Å². The third-order valence-corrected chi connectivity index (χ3v) is 4.42. The van der Waals surface area contributed by atoms with Crippen LogP contribution in [0.4, 0.5) is 11.4 Å². The Balaban J connectivity index is 2.15. The highest BCUT2D eigenvalue weighted by atomic mass is 16.6. The highest BCUT2D eigenvalue weighted by Crippen LogP contribution is 2.31. The molecule has 2 rings (SSSR count). The fraction of sp³-hybridized carbons (Fsp3) is 0.600. The Kier molecular flexibility index (Phi) is 5.14. The zero-order valence-corrected chi connectivity index (χ0v) is 12.7. The molecular weight excluding hydrogens is 268 g/mol. The number of anilines is 1. The van der Waals surface area contributed by atoms with E-state index in [0.717, 1.165) is 11.5 Å². The van der Waals surface area contributed by atoms with Gasteiger partial charge in [-0.1, -0.05) is 31.9 Å². The Morgan fingerprint density at radius 1 is 1.48 bits per heavy atom. The summed E-state index contributed by atoms with van der Waals surface area (Å²) in [6.45, 7) is 2.96. The summed E-state index contributed by atoms with van der Waals surface area (Å²) in [5.74, 6) is 6.25. The Hall–Kier alpha value is -1.66. The van der Waals surface area contributed by atoms with Gasteiger partial charge >= 0.3 is 0 Å². The van der Waals surface area contributed by atoms with Crippen molar-refractivity contribution in [2.24, 2.45) is 11.8 Å². The van der Waals surface area contributed by atoms with Crippen LogP contribution in [0.2, 0.25) is 0 Å². The molecule has 0 aromatic heterocycles. The van der Waals surface area contributed by atoms with Gasteiger partial charge < -0.3 is 5.43 Å². The number of hydrogen-bond acceptors (Lipinski definition) is 5. The van der Waals surface area contributed by atoms with E-state index in [0.29, 0.717) is 18.3 Å². The van der Waals surface area contributed by atoms with Crippen molar-refractivity contribution < 1.29 is 4.92 Å². The van der Waals surface area contributed by atoms with Crippen LogP contribution in [0.25, 0.3) is 0 Å². The zero-order chi connectivity index (χ0) is 15.4. The maximum absolute atomic E-state index is 11.1. The van der Waals surface area contributed by atoms with Crippen molar-refractivity contribution in [3.63, 3.8) is 0 Å². The molecule has 0 saturated heterocycles. The van der Waals surface area contributed by atoms with Gasteiger partial charge in [0.25, 0.3) is 5.69 Å². The lowest BCUT2D eigenvalue weighted by molar-refractivity contribution is -0.384. The molecule has 2 atom stereocenters. The van der Waals surface area contributed by atoms with Crippen LogP contribution in [0.15, 0.2) is 18.2 Å². The third-order valence-electron chi connectivity index (χ3n) is 4.42. The van der Waals surface area contributed by atoms with E-state index in [-0.39, 0.29) is 5.69 Å². The fourth-order valence-corrected chi connectivity index (χ4v) is 3.24. The van der Waals surface area contributed by atoms with Gasteiger partial charge in [-0.2, -0.15) is 0 Å². The Morgan fingerprint density at radius 3 is 2.86 bits per heavy atom. The van der Waals surface area contributed by atoms with Crippen molar-refractivity contribution in [3.05, 3.63) is 33.9 Å². The third kappa shape index (κ3) is 3.71. The van der Waals surface area contributed by atoms with Gasteiger partial charge in [-0.25, -0.2) is 0 Å². The first kappa shape index (κ1) is 15.7. The maximum atomic E-state index is 11.1. The van der Waals surface area contributed by atoms with Crippen LogP contribution < -0.4 is 11.3 Å². The summed E-state index contributed by atoms with van der Waals surface area (Å²) >= 11 is 0. The van der Waals surface area contributed by atoms with Crippen LogP contribution in [0.1, 0.15) is 38.2 Å². The van der Waals surface area contributed by atoms with Gasteiger partial charge in [0, 0.05) is 18.7 Å². The minimum absolute atomic E-state index is 0.0282. The monoisotopic (exact) mass is 292 g/mol. The molecule has 2 unspecified atom stereocenters. The van der Waals surface area contributed by atoms with Gasteiger partial charge in [-0.3, -0.25) is 20.9 Å². The fourth-order valence-electron chi connectivity index (χ4n) is 3.24. The van der Waals surface area contributed by atoms with Gasteiger partial charge in [0.05, 0.1) is 4.92 Å². The zero-order valence-electron chi connectivity index (χ0n) is 12.7. The molecule has 0 amide bonds. The Labute approximate surface area is 125 Å². The van der Waals surface area contributed by atoms with E-state index < -0.39 is 4.92 Å². The summed E-state index contributed by atoms with van der Waals surface area (Å²) in [6, 6.07) is 5.62. The summed E-state index contributed by atoms with van der Waals surface area (Å²) in [6.07, 6.45) is 4.95. The molecule has 1 aromatic rings. The lowest BCUT2D eigenvalue weighted by Crippen LogP contribution is -2.35. The van der Waals surface area contributed by atoms with E-state index in [4.69, 9.17) is 5.84 Å². The van der Waals surface area contributed by atoms with Crippen molar-refractivity contribution >= 4 is 11.4 Å². The normalized spacial score (nSPS) is 22.3. The van der Waals surface area contributed by atoms with Crippen LogP contribution in [0.3, 0.4) is 0 Å². The van der Waals surface area contributed by atoms with E-state index >= 15 is 0 Å². The molecule has 6 heteroatoms. The second kappa shape index (κ2) is 6.87. The molecule has 0 heterocycles. The van der Waals surface area contributed by atoms with Gasteiger partial charge in [0.2, 0.25) is 0 Å². The van der Waals surface area contributed by atoms with E-state index in [1.54, 1.807) is 6.07 Å². The quantitative estimate of drug-likeness (QED) is 0.495. The number of nitro groups is 1. The topological polar surface area (TPSA) is 84.4 Å². The Bertz CT molecular complexity index is 506. The molecule has 3 N–H and O–H groups in total. The average Bonchev–Trinajstić information content (AvgIpc) is 2.46. The lowest BCUT2D eigenvalue weighted by Gasteiger charge is -2.34. The van der Waals surface area contributed by atoms with Crippen LogP contribution in [-0.2, 0) is 6.54 Å². The molecule has 1 aliphatic rings. The standard InChI is InChI=1S/C15H24N4O2/c1-11-5-3-7-13(9-11)18(2)10-12-6-4-8-14(19(20)21)15(12)17-16/h4,6,8,11,13,17H,3,5,7,9-10,16H2,1-2H3. The first-order chi connectivity index (χ1) is 10.0. The predicted molar refractivity (Wildman–Crippen MR) is 83.8 cm³/mol. The Morgan fingerprint density at radius 2 is 2.24 bits per heavy atom. The van der Waals surface area contributed by atoms with Crippen LogP contribution in [0, 0.1) is 16.0 Å². The van der Waals surface area contributed by atoms with E-state index in [9.17, 15) is 10.1 Å². The van der Waals surface area contributed by atoms with Crippen molar-refractivity contribution in [3.8, 4) is 0 Å². The van der Waals surface area contributed by atoms with Crippen molar-refractivity contribution in [2.45, 2.75) is 45.2 Å². The summed E-state index contributed by atoms with van der Waals surface area (Å²) in [4.78, 5) is 12.9. The number of nitrogen functional groups attached to an aromatic ring is 1. The first-order valence-electron chi connectivity index (χ1n) is 7.46. The van der Waals surface area contributed by atoms with E-state index in [2.05, 4.69) is 24.3 Å². The number of para-hydroxylation sites is 1. The van der Waals surface area contributed by atoms with E-state index in [1.807, 2.05) is 6.07 Å². The second-order valence-corrected chi connectivity index (χ2v) is 6.05. The smallest absolute Gasteiger partial charge is 0.293 e. The van der Waals surface area contributed by atoms with Crippen LogP contribution in [0.5, 0.6) is 0 Å². The molecule has 1 aromatic carbocycles. The summed E-state index contributed by atoms with van der Waals surface area (Å²) in [5.41, 5.74) is 3.81. The molecule has 21 heavy (non-hydrogen) atoms. The largest absolute Gasteiger partial charge is 0.318 e. The number of nitrogens with zero attached hydrogens (tertiary/aromatic N) is 2. The number of rotatable bonds is 5. The summed E-state index contributed by atoms with van der Waals surface area (Å²) < 4.78 is 0.